The summed E-state index contributed by atoms with van der Waals surface area (Å²) in [6, 6.07) is 7.56. The molecular formula is C24H30N3O4P. The summed E-state index contributed by atoms with van der Waals surface area (Å²) in [6.45, 7) is 6.04. The molecule has 0 atom stereocenters. The molecule has 0 saturated carbocycles. The van der Waals surface area contributed by atoms with E-state index in [9.17, 15) is 9.36 Å². The fraction of sp³-hybridized carbons (Fsp3) is 0.375. The molecule has 1 aliphatic rings. The minimum Gasteiger partial charge on any atom is -0.309 e. The van der Waals surface area contributed by atoms with Crippen LogP contribution in [0.25, 0.3) is 12.2 Å². The number of carbonyl (C=O) groups excluding carboxylic acids is 1. The molecule has 8 heteroatoms. The topological polar surface area (TPSA) is 81.6 Å². The first kappa shape index (κ1) is 24.2. The van der Waals surface area contributed by atoms with Gasteiger partial charge in [-0.25, -0.2) is 0 Å². The van der Waals surface area contributed by atoms with Gasteiger partial charge in [0.15, 0.2) is 5.78 Å². The molecule has 170 valence electrons. The summed E-state index contributed by atoms with van der Waals surface area (Å²) in [5.74, 6) is 0.0308. The first-order valence-electron chi connectivity index (χ1n) is 10.9. The van der Waals surface area contributed by atoms with Gasteiger partial charge >= 0.3 is 7.60 Å². The zero-order valence-electron chi connectivity index (χ0n) is 18.6. The van der Waals surface area contributed by atoms with Gasteiger partial charge in [-0.1, -0.05) is 12.1 Å². The summed E-state index contributed by atoms with van der Waals surface area (Å²) >= 11 is 0. The van der Waals surface area contributed by atoms with Gasteiger partial charge < -0.3 is 9.05 Å². The molecule has 0 aliphatic carbocycles. The van der Waals surface area contributed by atoms with Crippen molar-refractivity contribution >= 4 is 25.5 Å². The first-order chi connectivity index (χ1) is 15.5. The van der Waals surface area contributed by atoms with Crippen molar-refractivity contribution in [2.45, 2.75) is 20.3 Å². The van der Waals surface area contributed by atoms with Gasteiger partial charge in [-0.15, -0.1) is 0 Å². The van der Waals surface area contributed by atoms with Crippen LogP contribution in [0.3, 0.4) is 0 Å². The van der Waals surface area contributed by atoms with E-state index >= 15 is 0 Å². The lowest BCUT2D eigenvalue weighted by Gasteiger charge is -2.30. The van der Waals surface area contributed by atoms with Gasteiger partial charge in [0.05, 0.1) is 19.4 Å². The Kier molecular flexibility index (Phi) is 9.06. The third kappa shape index (κ3) is 7.04. The van der Waals surface area contributed by atoms with E-state index in [1.54, 1.807) is 24.8 Å². The fourth-order valence-electron chi connectivity index (χ4n) is 3.64. The number of aromatic nitrogens is 2. The summed E-state index contributed by atoms with van der Waals surface area (Å²) in [7, 11) is -3.08. The number of Topliss-reactive ketones (excluding diaryl/α,β-unsaturated/α-hetero) is 1. The number of nitrogens with zero attached hydrogens (tertiary/aromatic N) is 3. The number of carbonyl (C=O) groups is 1. The molecule has 1 fully saturated rings. The zero-order chi connectivity index (χ0) is 22.8. The van der Waals surface area contributed by atoms with Crippen LogP contribution in [0.4, 0.5) is 0 Å². The lowest BCUT2D eigenvalue weighted by atomic mass is 9.94. The molecule has 0 spiro atoms. The lowest BCUT2D eigenvalue weighted by molar-refractivity contribution is -0.113. The van der Waals surface area contributed by atoms with E-state index in [1.165, 1.54) is 0 Å². The molecule has 0 aromatic carbocycles. The van der Waals surface area contributed by atoms with Crippen molar-refractivity contribution < 1.29 is 18.4 Å². The molecule has 0 N–H and O–H groups in total. The Morgan fingerprint density at radius 1 is 0.969 bits per heavy atom. The molecule has 0 amide bonds. The quantitative estimate of drug-likeness (QED) is 0.386. The van der Waals surface area contributed by atoms with E-state index in [2.05, 4.69) is 14.9 Å². The van der Waals surface area contributed by atoms with Gasteiger partial charge in [-0.05, 0) is 62.2 Å². The number of likely N-dealkylation sites (tertiary alicyclic amines) is 1. The molecule has 0 bridgehead atoms. The zero-order valence-corrected chi connectivity index (χ0v) is 19.5. The van der Waals surface area contributed by atoms with Crippen LogP contribution < -0.4 is 0 Å². The number of ketones is 1. The van der Waals surface area contributed by atoms with Crippen LogP contribution >= 0.6 is 7.60 Å². The molecule has 2 aromatic rings. The third-order valence-electron chi connectivity index (χ3n) is 4.98. The molecule has 3 heterocycles. The second kappa shape index (κ2) is 12.0. The van der Waals surface area contributed by atoms with Crippen LogP contribution in [0.1, 0.15) is 31.4 Å². The Labute approximate surface area is 189 Å². The van der Waals surface area contributed by atoms with Crippen molar-refractivity contribution in [3.8, 4) is 0 Å². The summed E-state index contributed by atoms with van der Waals surface area (Å²) in [5, 5.41) is 0. The van der Waals surface area contributed by atoms with E-state index < -0.39 is 7.60 Å². The Morgan fingerprint density at radius 3 is 1.94 bits per heavy atom. The molecule has 32 heavy (non-hydrogen) atoms. The molecule has 0 radical (unpaired) electrons. The standard InChI is InChI=1S/C24H30N3O4P/c1-3-30-32(29,31-4-2)13-7-12-27-18-22(14-20-8-5-10-25-16-20)24(28)23(19-27)15-21-9-6-11-26-17-21/h5-6,8-11,14-17H,3-4,7,12-13,18-19H2,1-2H3/b22-14+,23-15+. The molecule has 7 nitrogen and oxygen atoms in total. The molecular weight excluding hydrogens is 425 g/mol. The van der Waals surface area contributed by atoms with E-state index in [-0.39, 0.29) is 5.78 Å². The first-order valence-corrected chi connectivity index (χ1v) is 12.6. The van der Waals surface area contributed by atoms with E-state index in [0.29, 0.717) is 56.6 Å². The second-order valence-corrected chi connectivity index (χ2v) is 9.66. The van der Waals surface area contributed by atoms with Crippen LogP contribution in [0.2, 0.25) is 0 Å². The van der Waals surface area contributed by atoms with Gasteiger partial charge in [0.1, 0.15) is 0 Å². The largest absolute Gasteiger partial charge is 0.330 e. The maximum Gasteiger partial charge on any atom is 0.330 e. The van der Waals surface area contributed by atoms with Gasteiger partial charge in [-0.3, -0.25) is 24.2 Å². The summed E-state index contributed by atoms with van der Waals surface area (Å²) in [4.78, 5) is 23.7. The molecule has 1 saturated heterocycles. The van der Waals surface area contributed by atoms with E-state index in [0.717, 1.165) is 11.1 Å². The van der Waals surface area contributed by atoms with Gasteiger partial charge in [-0.2, -0.15) is 0 Å². The minimum absolute atomic E-state index is 0.0308. The number of piperidine rings is 1. The van der Waals surface area contributed by atoms with Crippen LogP contribution in [-0.2, 0) is 18.4 Å². The van der Waals surface area contributed by atoms with Crippen molar-refractivity contribution in [2.24, 2.45) is 0 Å². The Bertz CT molecular complexity index is 921. The number of hydrogen-bond acceptors (Lipinski definition) is 7. The maximum atomic E-state index is 13.2. The highest BCUT2D eigenvalue weighted by Crippen LogP contribution is 2.48. The highest BCUT2D eigenvalue weighted by Gasteiger charge is 2.28. The summed E-state index contributed by atoms with van der Waals surface area (Å²) in [6.07, 6.45) is 11.7. The predicted molar refractivity (Wildman–Crippen MR) is 126 cm³/mol. The number of hydrogen-bond donors (Lipinski definition) is 0. The Balaban J connectivity index is 1.78. The normalized spacial score (nSPS) is 17.9. The van der Waals surface area contributed by atoms with Crippen LogP contribution in [0, 0.1) is 0 Å². The van der Waals surface area contributed by atoms with Crippen molar-refractivity contribution in [3.63, 3.8) is 0 Å². The molecule has 0 unspecified atom stereocenters. The maximum absolute atomic E-state index is 13.2. The smallest absolute Gasteiger partial charge is 0.309 e. The van der Waals surface area contributed by atoms with E-state index in [4.69, 9.17) is 9.05 Å². The van der Waals surface area contributed by atoms with E-state index in [1.807, 2.05) is 50.3 Å². The van der Waals surface area contributed by atoms with Crippen molar-refractivity contribution in [1.29, 1.82) is 0 Å². The minimum atomic E-state index is -3.08. The third-order valence-corrected chi connectivity index (χ3v) is 7.15. The van der Waals surface area contributed by atoms with Crippen LogP contribution in [0.5, 0.6) is 0 Å². The molecule has 1 aliphatic heterocycles. The van der Waals surface area contributed by atoms with Crippen LogP contribution in [0.15, 0.2) is 60.2 Å². The summed E-state index contributed by atoms with van der Waals surface area (Å²) in [5.41, 5.74) is 3.18. The van der Waals surface area contributed by atoms with Gasteiger partial charge in [0.25, 0.3) is 0 Å². The van der Waals surface area contributed by atoms with Crippen molar-refractivity contribution in [2.75, 3.05) is 39.0 Å². The Morgan fingerprint density at radius 2 is 1.50 bits per heavy atom. The lowest BCUT2D eigenvalue weighted by Crippen LogP contribution is -2.38. The molecule has 3 rings (SSSR count). The predicted octanol–water partition coefficient (Wildman–Crippen LogP) is 4.48. The van der Waals surface area contributed by atoms with Gasteiger partial charge in [0.2, 0.25) is 0 Å². The number of pyridine rings is 2. The van der Waals surface area contributed by atoms with Crippen LogP contribution in [-0.4, -0.2) is 59.7 Å². The average molecular weight is 455 g/mol. The van der Waals surface area contributed by atoms with Crippen molar-refractivity contribution in [1.82, 2.24) is 14.9 Å². The fourth-order valence-corrected chi connectivity index (χ4v) is 5.29. The molecule has 2 aromatic heterocycles. The average Bonchev–Trinajstić information content (AvgIpc) is 2.78. The van der Waals surface area contributed by atoms with Crippen molar-refractivity contribution in [3.05, 3.63) is 71.3 Å². The highest BCUT2D eigenvalue weighted by atomic mass is 31.2. The second-order valence-electron chi connectivity index (χ2n) is 7.48. The SMILES string of the molecule is CCOP(=O)(CCCN1C/C(=C\c2cccnc2)C(=O)/C(=C/c2cccnc2)C1)OCC. The Hall–Kier alpha value is -2.44. The number of rotatable bonds is 10. The highest BCUT2D eigenvalue weighted by molar-refractivity contribution is 7.53. The summed E-state index contributed by atoms with van der Waals surface area (Å²) < 4.78 is 23.6. The monoisotopic (exact) mass is 455 g/mol. The van der Waals surface area contributed by atoms with Gasteiger partial charge in [0, 0.05) is 49.0 Å².